The minimum Gasteiger partial charge on any atom is -0.481 e. The van der Waals surface area contributed by atoms with Gasteiger partial charge in [-0.15, -0.1) is 0 Å². The lowest BCUT2D eigenvalue weighted by molar-refractivity contribution is -0.138. The summed E-state index contributed by atoms with van der Waals surface area (Å²) in [6.07, 6.45) is 0.156. The lowest BCUT2D eigenvalue weighted by atomic mass is 10.4. The third-order valence-corrected chi connectivity index (χ3v) is 1.46. The molecule has 0 saturated heterocycles. The summed E-state index contributed by atoms with van der Waals surface area (Å²) in [7, 11) is 0. The second kappa shape index (κ2) is 16.0. The summed E-state index contributed by atoms with van der Waals surface area (Å²) in [6.45, 7) is 4.00. The highest BCUT2D eigenvalue weighted by Gasteiger charge is 2.06. The standard InChI is InChI=1S/C3H7NO2S.C3H6O2S.C2H6/c4-2(1-7)3(5)6;4-3(5)1-2-6;1-2/h2,7H,1,4H2,(H,5,6);6H,1-2H2,(H,4,5);1-2H3. The van der Waals surface area contributed by atoms with Gasteiger partial charge in [0.2, 0.25) is 0 Å². The molecule has 92 valence electrons. The molecule has 0 heterocycles. The van der Waals surface area contributed by atoms with Crippen LogP contribution in [-0.2, 0) is 9.59 Å². The highest BCUT2D eigenvalue weighted by atomic mass is 32.1. The summed E-state index contributed by atoms with van der Waals surface area (Å²) in [5.41, 5.74) is 4.94. The molecule has 7 heteroatoms. The van der Waals surface area contributed by atoms with Gasteiger partial charge < -0.3 is 15.9 Å². The summed E-state index contributed by atoms with van der Waals surface area (Å²) in [5, 5.41) is 15.9. The first-order valence-electron chi connectivity index (χ1n) is 4.37. The van der Waals surface area contributed by atoms with Crippen molar-refractivity contribution >= 4 is 37.2 Å². The maximum absolute atomic E-state index is 9.76. The molecular formula is C8H19NO4S2. The van der Waals surface area contributed by atoms with Crippen LogP contribution in [0.5, 0.6) is 0 Å². The van der Waals surface area contributed by atoms with Gasteiger partial charge in [-0.2, -0.15) is 25.3 Å². The molecule has 0 radical (unpaired) electrons. The van der Waals surface area contributed by atoms with E-state index in [9.17, 15) is 9.59 Å². The van der Waals surface area contributed by atoms with Crippen LogP contribution >= 0.6 is 25.3 Å². The molecule has 0 aromatic rings. The van der Waals surface area contributed by atoms with E-state index < -0.39 is 18.0 Å². The summed E-state index contributed by atoms with van der Waals surface area (Å²) >= 11 is 7.33. The minimum absolute atomic E-state index is 0.156. The van der Waals surface area contributed by atoms with Gasteiger partial charge in [0.1, 0.15) is 6.04 Å². The predicted molar refractivity (Wildman–Crippen MR) is 66.9 cm³/mol. The number of thiol groups is 2. The third kappa shape index (κ3) is 24.7. The van der Waals surface area contributed by atoms with Crippen LogP contribution < -0.4 is 5.73 Å². The molecule has 4 N–H and O–H groups in total. The topological polar surface area (TPSA) is 101 Å². The van der Waals surface area contributed by atoms with E-state index in [0.717, 1.165) is 0 Å². The van der Waals surface area contributed by atoms with E-state index in [1.165, 1.54) is 0 Å². The van der Waals surface area contributed by atoms with Gasteiger partial charge in [0.25, 0.3) is 0 Å². The molecule has 5 nitrogen and oxygen atoms in total. The van der Waals surface area contributed by atoms with Crippen molar-refractivity contribution < 1.29 is 19.8 Å². The lowest BCUT2D eigenvalue weighted by Crippen LogP contribution is -2.31. The fourth-order valence-electron chi connectivity index (χ4n) is 0.174. The SMILES string of the molecule is CC.NC(CS)C(=O)O.O=C(O)CCS. The first-order chi connectivity index (χ1) is 6.95. The fraction of sp³-hybridized carbons (Fsp3) is 0.750. The van der Waals surface area contributed by atoms with Crippen molar-refractivity contribution in [2.24, 2.45) is 5.73 Å². The molecule has 0 rings (SSSR count). The second-order valence-electron chi connectivity index (χ2n) is 1.99. The summed E-state index contributed by atoms with van der Waals surface area (Å²) < 4.78 is 0. The Morgan fingerprint density at radius 3 is 1.67 bits per heavy atom. The molecule has 0 aromatic carbocycles. The number of nitrogens with two attached hydrogens (primary N) is 1. The Hall–Kier alpha value is -0.400. The van der Waals surface area contributed by atoms with Crippen molar-refractivity contribution in [2.75, 3.05) is 11.5 Å². The maximum Gasteiger partial charge on any atom is 0.321 e. The zero-order valence-electron chi connectivity index (χ0n) is 8.88. The van der Waals surface area contributed by atoms with Crippen LogP contribution in [0.15, 0.2) is 0 Å². The summed E-state index contributed by atoms with van der Waals surface area (Å²) in [5.74, 6) is -1.18. The van der Waals surface area contributed by atoms with Crippen molar-refractivity contribution in [1.29, 1.82) is 0 Å². The van der Waals surface area contributed by atoms with Crippen molar-refractivity contribution in [3.8, 4) is 0 Å². The van der Waals surface area contributed by atoms with E-state index in [4.69, 9.17) is 15.9 Å². The molecule has 0 aromatic heterocycles. The first kappa shape index (κ1) is 20.1. The van der Waals surface area contributed by atoms with E-state index in [1.54, 1.807) is 0 Å². The van der Waals surface area contributed by atoms with Crippen molar-refractivity contribution in [3.05, 3.63) is 0 Å². The molecule has 0 saturated carbocycles. The maximum atomic E-state index is 9.76. The van der Waals surface area contributed by atoms with Crippen LogP contribution in [0.2, 0.25) is 0 Å². The monoisotopic (exact) mass is 257 g/mol. The van der Waals surface area contributed by atoms with E-state index in [0.29, 0.717) is 5.75 Å². The molecule has 1 atom stereocenters. The quantitative estimate of drug-likeness (QED) is 0.478. The van der Waals surface area contributed by atoms with Crippen molar-refractivity contribution in [2.45, 2.75) is 26.3 Å². The van der Waals surface area contributed by atoms with Crippen LogP contribution in [0.1, 0.15) is 20.3 Å². The Balaban J connectivity index is -0.000000166. The predicted octanol–water partition coefficient (Wildman–Crippen LogP) is 0.745. The van der Waals surface area contributed by atoms with Gasteiger partial charge in [-0.25, -0.2) is 0 Å². The fourth-order valence-corrected chi connectivity index (χ4v) is 0.521. The van der Waals surface area contributed by atoms with E-state index >= 15 is 0 Å². The Morgan fingerprint density at radius 2 is 1.67 bits per heavy atom. The van der Waals surface area contributed by atoms with Crippen LogP contribution in [0.4, 0.5) is 0 Å². The Kier molecular flexibility index (Phi) is 21.5. The molecule has 1 unspecified atom stereocenters. The Morgan fingerprint density at radius 1 is 1.27 bits per heavy atom. The average Bonchev–Trinajstić information content (AvgIpc) is 2.20. The molecule has 0 spiro atoms. The molecule has 0 amide bonds. The van der Waals surface area contributed by atoms with Gasteiger partial charge in [-0.1, -0.05) is 13.8 Å². The largest absolute Gasteiger partial charge is 0.481 e. The zero-order valence-corrected chi connectivity index (χ0v) is 10.7. The Labute approximate surface area is 101 Å². The summed E-state index contributed by atoms with van der Waals surface area (Å²) in [4.78, 5) is 19.3. The molecule has 0 aliphatic heterocycles. The zero-order chi connectivity index (χ0) is 12.9. The van der Waals surface area contributed by atoms with E-state index in [2.05, 4.69) is 25.3 Å². The minimum atomic E-state index is -1.00. The number of carboxylic acids is 2. The average molecular weight is 257 g/mol. The molecule has 0 aliphatic carbocycles. The molecular weight excluding hydrogens is 238 g/mol. The number of hydrogen-bond donors (Lipinski definition) is 5. The number of carbonyl (C=O) groups is 2. The third-order valence-electron chi connectivity index (χ3n) is 0.840. The van der Waals surface area contributed by atoms with Crippen molar-refractivity contribution in [3.63, 3.8) is 0 Å². The van der Waals surface area contributed by atoms with Crippen molar-refractivity contribution in [1.82, 2.24) is 0 Å². The van der Waals surface area contributed by atoms with Gasteiger partial charge in [0.15, 0.2) is 0 Å². The van der Waals surface area contributed by atoms with E-state index in [-0.39, 0.29) is 12.2 Å². The second-order valence-corrected chi connectivity index (χ2v) is 2.81. The number of hydrogen-bond acceptors (Lipinski definition) is 5. The van der Waals surface area contributed by atoms with Gasteiger partial charge in [-0.05, 0) is 0 Å². The lowest BCUT2D eigenvalue weighted by Gasteiger charge is -1.96. The summed E-state index contributed by atoms with van der Waals surface area (Å²) in [6, 6.07) is -0.816. The molecule has 15 heavy (non-hydrogen) atoms. The van der Waals surface area contributed by atoms with Crippen LogP contribution in [-0.4, -0.2) is 39.7 Å². The highest BCUT2D eigenvalue weighted by Crippen LogP contribution is 1.80. The smallest absolute Gasteiger partial charge is 0.321 e. The highest BCUT2D eigenvalue weighted by molar-refractivity contribution is 7.80. The van der Waals surface area contributed by atoms with E-state index in [1.807, 2.05) is 13.8 Å². The Bertz CT molecular complexity index is 167. The van der Waals surface area contributed by atoms with Gasteiger partial charge in [0, 0.05) is 11.5 Å². The van der Waals surface area contributed by atoms with Gasteiger partial charge in [0.05, 0.1) is 6.42 Å². The van der Waals surface area contributed by atoms with Crippen LogP contribution in [0, 0.1) is 0 Å². The van der Waals surface area contributed by atoms with Gasteiger partial charge in [-0.3, -0.25) is 9.59 Å². The van der Waals surface area contributed by atoms with Crippen LogP contribution in [0.25, 0.3) is 0 Å². The molecule has 0 aliphatic rings. The molecule has 0 bridgehead atoms. The normalized spacial score (nSPS) is 9.93. The molecule has 0 fully saturated rings. The first-order valence-corrected chi connectivity index (χ1v) is 5.64. The van der Waals surface area contributed by atoms with Crippen LogP contribution in [0.3, 0.4) is 0 Å². The number of carboxylic acid groups (broad SMARTS) is 2. The number of aliphatic carboxylic acids is 2. The number of rotatable bonds is 4. The van der Waals surface area contributed by atoms with Gasteiger partial charge >= 0.3 is 11.9 Å².